The molecule has 242 valence electrons. The lowest BCUT2D eigenvalue weighted by molar-refractivity contribution is -0.170. The number of unbranched alkanes of at least 4 members (excludes halogenated alkanes) is 12. The first-order valence-electron chi connectivity index (χ1n) is 14.3. The summed E-state index contributed by atoms with van der Waals surface area (Å²) in [6, 6.07) is 0. The Morgan fingerprint density at radius 1 is 0.833 bits per heavy atom. The van der Waals surface area contributed by atoms with Crippen LogP contribution < -0.4 is 0 Å². The largest absolute Gasteiger partial charge is 0.499 e. The number of hydrogen-bond donors (Lipinski definition) is 7. The minimum Gasteiger partial charge on any atom is -0.499 e. The average molecular weight is 607 g/mol. The number of carboxylic acid groups (broad SMARTS) is 3. The summed E-state index contributed by atoms with van der Waals surface area (Å²) < 4.78 is 9.72. The zero-order chi connectivity index (χ0) is 32.1. The Bertz CT molecular complexity index is 881. The Labute approximate surface area is 244 Å². The van der Waals surface area contributed by atoms with E-state index in [0.717, 1.165) is 19.3 Å². The number of cyclic esters (lactones) is 1. The molecule has 14 nitrogen and oxygen atoms in total. The predicted molar refractivity (Wildman–Crippen MR) is 146 cm³/mol. The molecule has 0 spiro atoms. The maximum Gasteiger partial charge on any atom is 0.378 e. The summed E-state index contributed by atoms with van der Waals surface area (Å²) in [5.74, 6) is -7.94. The molecule has 0 saturated heterocycles. The van der Waals surface area contributed by atoms with Crippen molar-refractivity contribution in [3.63, 3.8) is 0 Å². The van der Waals surface area contributed by atoms with Gasteiger partial charge in [-0.25, -0.2) is 9.59 Å². The molecule has 0 saturated carbocycles. The van der Waals surface area contributed by atoms with Gasteiger partial charge in [-0.1, -0.05) is 84.0 Å². The fourth-order valence-corrected chi connectivity index (χ4v) is 4.09. The van der Waals surface area contributed by atoms with Gasteiger partial charge in [-0.3, -0.25) is 14.4 Å². The lowest BCUT2D eigenvalue weighted by atomic mass is 9.96. The number of esters is 2. The molecule has 1 heterocycles. The van der Waals surface area contributed by atoms with E-state index in [1.165, 1.54) is 57.8 Å². The van der Waals surface area contributed by atoms with Crippen LogP contribution >= 0.6 is 0 Å². The summed E-state index contributed by atoms with van der Waals surface area (Å²) in [7, 11) is 0. The Hall–Kier alpha value is -3.23. The van der Waals surface area contributed by atoms with Crippen LogP contribution in [0.15, 0.2) is 11.5 Å². The van der Waals surface area contributed by atoms with Gasteiger partial charge in [0.25, 0.3) is 0 Å². The molecule has 1 rings (SSSR count). The minimum atomic E-state index is -2.74. The lowest BCUT2D eigenvalue weighted by Gasteiger charge is -2.18. The fraction of sp³-hybridized carbons (Fsp3) is 0.750. The van der Waals surface area contributed by atoms with Gasteiger partial charge in [0.2, 0.25) is 11.5 Å². The number of aliphatic hydroxyl groups is 4. The third-order valence-corrected chi connectivity index (χ3v) is 6.45. The Morgan fingerprint density at radius 2 is 1.26 bits per heavy atom. The van der Waals surface area contributed by atoms with Gasteiger partial charge in [0, 0.05) is 6.42 Å². The molecule has 0 aromatic rings. The first kappa shape index (κ1) is 38.8. The summed E-state index contributed by atoms with van der Waals surface area (Å²) in [5, 5.41) is 62.0. The Morgan fingerprint density at radius 3 is 1.64 bits per heavy atom. The second-order valence-electron chi connectivity index (χ2n) is 10.2. The number of ether oxygens (including phenoxy) is 2. The lowest BCUT2D eigenvalue weighted by Crippen LogP contribution is -2.42. The van der Waals surface area contributed by atoms with Crippen molar-refractivity contribution in [1.82, 2.24) is 0 Å². The third kappa shape index (κ3) is 16.3. The molecule has 0 aromatic carbocycles. The molecule has 0 fully saturated rings. The van der Waals surface area contributed by atoms with Gasteiger partial charge in [0.1, 0.15) is 6.10 Å². The summed E-state index contributed by atoms with van der Waals surface area (Å²) in [6.07, 6.45) is 10.7. The molecule has 0 unspecified atom stereocenters. The highest BCUT2D eigenvalue weighted by Gasteiger charge is 2.42. The van der Waals surface area contributed by atoms with Crippen LogP contribution in [0, 0.1) is 0 Å². The van der Waals surface area contributed by atoms with Gasteiger partial charge in [-0.05, 0) is 6.42 Å². The van der Waals surface area contributed by atoms with E-state index in [-0.39, 0.29) is 6.42 Å². The average Bonchev–Trinajstić information content (AvgIpc) is 3.18. The van der Waals surface area contributed by atoms with Crippen LogP contribution in [0.3, 0.4) is 0 Å². The van der Waals surface area contributed by atoms with Crippen molar-refractivity contribution >= 4 is 29.8 Å². The monoisotopic (exact) mass is 606 g/mol. The molecule has 0 amide bonds. The van der Waals surface area contributed by atoms with Gasteiger partial charge in [0.05, 0.1) is 19.4 Å². The molecule has 14 heteroatoms. The molecule has 0 radical (unpaired) electrons. The number of aliphatic carboxylic acids is 3. The minimum absolute atomic E-state index is 0.157. The maximum absolute atomic E-state index is 11.9. The zero-order valence-corrected chi connectivity index (χ0v) is 24.2. The van der Waals surface area contributed by atoms with Crippen molar-refractivity contribution in [2.24, 2.45) is 0 Å². The standard InChI is InChI=1S/C22H38O7.C6H8O7/c1-2-3-4-5-6-7-8-9-10-11-12-13-14-15-18(25)28-21-19(26)22(27)29-20(21)17(24)16-23;7-3(8)1-6(13,5(11)12)2-4(9)10/h17,20,23-24,26H,2-16H2,1H3;13H,1-2H2,(H,7,8)(H,9,10)(H,11,12)/t17-,20+;/m0./s1. The number of carboxylic acids is 3. The number of hydrogen-bond acceptors (Lipinski definition) is 11. The number of aliphatic hydroxyl groups excluding tert-OH is 3. The van der Waals surface area contributed by atoms with Gasteiger partial charge >= 0.3 is 29.8 Å². The van der Waals surface area contributed by atoms with Crippen LogP contribution in [-0.2, 0) is 33.4 Å². The molecule has 1 aliphatic heterocycles. The molecule has 0 aliphatic carbocycles. The molecular formula is C28H46O14. The Kier molecular flexibility index (Phi) is 19.8. The normalized spacial score (nSPS) is 15.4. The SMILES string of the molecule is CCCCCCCCCCCCCCCC(=O)OC1=C(O)C(=O)O[C@@H]1[C@@H](O)CO.O=C(O)CC(O)(CC(=O)O)C(=O)O. The molecule has 42 heavy (non-hydrogen) atoms. The van der Waals surface area contributed by atoms with Crippen molar-refractivity contribution in [3.05, 3.63) is 11.5 Å². The quantitative estimate of drug-likeness (QED) is 0.0692. The third-order valence-electron chi connectivity index (χ3n) is 6.45. The van der Waals surface area contributed by atoms with Crippen LogP contribution in [0.2, 0.25) is 0 Å². The zero-order valence-electron chi connectivity index (χ0n) is 24.2. The first-order valence-corrected chi connectivity index (χ1v) is 14.3. The van der Waals surface area contributed by atoms with Gasteiger partial charge < -0.3 is 45.2 Å². The van der Waals surface area contributed by atoms with Crippen molar-refractivity contribution in [2.45, 2.75) is 127 Å². The molecule has 1 aliphatic rings. The van der Waals surface area contributed by atoms with E-state index < -0.39 is 78.6 Å². The molecule has 7 N–H and O–H groups in total. The first-order chi connectivity index (χ1) is 19.8. The molecule has 2 atom stereocenters. The van der Waals surface area contributed by atoms with E-state index in [0.29, 0.717) is 6.42 Å². The van der Waals surface area contributed by atoms with Crippen molar-refractivity contribution in [3.8, 4) is 0 Å². The number of carbonyl (C=O) groups is 5. The second-order valence-corrected chi connectivity index (χ2v) is 10.2. The summed E-state index contributed by atoms with van der Waals surface area (Å²) in [4.78, 5) is 53.8. The van der Waals surface area contributed by atoms with Gasteiger partial charge in [-0.2, -0.15) is 0 Å². The number of rotatable bonds is 22. The van der Waals surface area contributed by atoms with Crippen molar-refractivity contribution < 1.29 is 69.2 Å². The maximum atomic E-state index is 11.9. The summed E-state index contributed by atoms with van der Waals surface area (Å²) in [6.45, 7) is 1.54. The van der Waals surface area contributed by atoms with Crippen LogP contribution in [0.1, 0.15) is 110 Å². The van der Waals surface area contributed by atoms with Crippen LogP contribution in [0.5, 0.6) is 0 Å². The van der Waals surface area contributed by atoms with Crippen LogP contribution in [-0.4, -0.2) is 90.0 Å². The van der Waals surface area contributed by atoms with E-state index in [1.807, 2.05) is 0 Å². The highest BCUT2D eigenvalue weighted by atomic mass is 16.6. The van der Waals surface area contributed by atoms with E-state index in [1.54, 1.807) is 0 Å². The summed E-state index contributed by atoms with van der Waals surface area (Å²) in [5.41, 5.74) is -2.74. The molecule has 0 aromatic heterocycles. The van der Waals surface area contributed by atoms with E-state index in [9.17, 15) is 34.2 Å². The highest BCUT2D eigenvalue weighted by molar-refractivity contribution is 5.90. The number of carbonyl (C=O) groups excluding carboxylic acids is 2. The fourth-order valence-electron chi connectivity index (χ4n) is 4.09. The van der Waals surface area contributed by atoms with Crippen molar-refractivity contribution in [2.75, 3.05) is 6.61 Å². The van der Waals surface area contributed by atoms with Crippen LogP contribution in [0.25, 0.3) is 0 Å². The summed E-state index contributed by atoms with van der Waals surface area (Å²) >= 11 is 0. The van der Waals surface area contributed by atoms with Gasteiger partial charge in [-0.15, -0.1) is 0 Å². The van der Waals surface area contributed by atoms with E-state index in [2.05, 4.69) is 6.92 Å². The van der Waals surface area contributed by atoms with E-state index >= 15 is 0 Å². The highest BCUT2D eigenvalue weighted by Crippen LogP contribution is 2.25. The predicted octanol–water partition coefficient (Wildman–Crippen LogP) is 2.81. The van der Waals surface area contributed by atoms with Crippen LogP contribution in [0.4, 0.5) is 0 Å². The molecular weight excluding hydrogens is 560 g/mol. The topological polar surface area (TPSA) is 245 Å². The Balaban J connectivity index is 0.00000108. The second kappa shape index (κ2) is 21.5. The smallest absolute Gasteiger partial charge is 0.378 e. The van der Waals surface area contributed by atoms with E-state index in [4.69, 9.17) is 35.0 Å². The molecule has 0 bridgehead atoms. The van der Waals surface area contributed by atoms with Gasteiger partial charge in [0.15, 0.2) is 11.7 Å². The van der Waals surface area contributed by atoms with Crippen molar-refractivity contribution in [1.29, 1.82) is 0 Å².